The molecule has 0 unspecified atom stereocenters. The van der Waals surface area contributed by atoms with Gasteiger partial charge in [-0.15, -0.1) is 0 Å². The van der Waals surface area contributed by atoms with Gasteiger partial charge >= 0.3 is 0 Å². The monoisotopic (exact) mass is 359 g/mol. The van der Waals surface area contributed by atoms with Crippen molar-refractivity contribution in [2.75, 3.05) is 6.54 Å². The number of hydrogen-bond donors (Lipinski definition) is 2. The molecule has 1 aromatic carbocycles. The van der Waals surface area contributed by atoms with E-state index < -0.39 is 5.60 Å². The standard InChI is InChI=1S/C16H23BrClNO/c1-15(2)5-7-16(20,8-6-15)11-19-10-12-3-4-13(17)9-14(12)18/h3-4,9,19-20H,5-8,10-11H2,1-2H3. The summed E-state index contributed by atoms with van der Waals surface area (Å²) in [5, 5.41) is 14.7. The maximum absolute atomic E-state index is 10.6. The third-order valence-corrected chi connectivity index (χ3v) is 5.16. The first kappa shape index (κ1) is 16.3. The minimum absolute atomic E-state index is 0.376. The van der Waals surface area contributed by atoms with Crippen LogP contribution in [0.1, 0.15) is 45.1 Å². The van der Waals surface area contributed by atoms with Gasteiger partial charge < -0.3 is 10.4 Å². The van der Waals surface area contributed by atoms with Crippen molar-refractivity contribution in [1.82, 2.24) is 5.32 Å². The number of hydrogen-bond acceptors (Lipinski definition) is 2. The van der Waals surface area contributed by atoms with Gasteiger partial charge in [-0.25, -0.2) is 0 Å². The van der Waals surface area contributed by atoms with Crippen LogP contribution in [0.3, 0.4) is 0 Å². The average molecular weight is 361 g/mol. The van der Waals surface area contributed by atoms with Crippen molar-refractivity contribution in [1.29, 1.82) is 0 Å². The zero-order chi connectivity index (χ0) is 14.8. The van der Waals surface area contributed by atoms with Crippen molar-refractivity contribution in [2.45, 2.75) is 51.7 Å². The Morgan fingerprint density at radius 3 is 2.50 bits per heavy atom. The van der Waals surface area contributed by atoms with Crippen molar-refractivity contribution in [3.05, 3.63) is 33.3 Å². The first-order chi connectivity index (χ1) is 9.30. The van der Waals surface area contributed by atoms with E-state index in [0.717, 1.165) is 40.7 Å². The predicted octanol–water partition coefficient (Wildman–Crippen LogP) is 4.52. The highest BCUT2D eigenvalue weighted by molar-refractivity contribution is 9.10. The molecule has 4 heteroatoms. The summed E-state index contributed by atoms with van der Waals surface area (Å²) in [6.45, 7) is 5.89. The molecule has 0 spiro atoms. The molecule has 0 bridgehead atoms. The SMILES string of the molecule is CC1(C)CCC(O)(CNCc2ccc(Br)cc2Cl)CC1. The average Bonchev–Trinajstić information content (AvgIpc) is 2.37. The van der Waals surface area contributed by atoms with Crippen LogP contribution < -0.4 is 5.32 Å². The normalized spacial score (nSPS) is 20.9. The lowest BCUT2D eigenvalue weighted by Gasteiger charge is -2.40. The summed E-state index contributed by atoms with van der Waals surface area (Å²) < 4.78 is 0.986. The number of nitrogens with one attached hydrogen (secondary N) is 1. The van der Waals surface area contributed by atoms with Crippen LogP contribution in [0.2, 0.25) is 5.02 Å². The fourth-order valence-electron chi connectivity index (χ4n) is 2.66. The van der Waals surface area contributed by atoms with E-state index in [1.165, 1.54) is 0 Å². The first-order valence-electron chi connectivity index (χ1n) is 7.17. The maximum atomic E-state index is 10.6. The summed E-state index contributed by atoms with van der Waals surface area (Å²) in [5.41, 5.74) is 0.883. The van der Waals surface area contributed by atoms with Crippen LogP contribution in [-0.4, -0.2) is 17.3 Å². The van der Waals surface area contributed by atoms with Gasteiger partial charge in [0.1, 0.15) is 0 Å². The Hall–Kier alpha value is -0.0900. The Morgan fingerprint density at radius 1 is 1.25 bits per heavy atom. The van der Waals surface area contributed by atoms with Crippen molar-refractivity contribution >= 4 is 27.5 Å². The van der Waals surface area contributed by atoms with Crippen molar-refractivity contribution in [3.63, 3.8) is 0 Å². The molecule has 0 aliphatic heterocycles. The minimum Gasteiger partial charge on any atom is -0.389 e. The topological polar surface area (TPSA) is 32.3 Å². The first-order valence-corrected chi connectivity index (χ1v) is 8.34. The lowest BCUT2D eigenvalue weighted by atomic mass is 9.71. The molecule has 0 saturated heterocycles. The number of rotatable bonds is 4. The van der Waals surface area contributed by atoms with E-state index in [1.807, 2.05) is 18.2 Å². The van der Waals surface area contributed by atoms with Crippen LogP contribution in [0.25, 0.3) is 0 Å². The Bertz CT molecular complexity index is 466. The minimum atomic E-state index is -0.558. The molecule has 0 amide bonds. The van der Waals surface area contributed by atoms with Crippen LogP contribution >= 0.6 is 27.5 Å². The van der Waals surface area contributed by atoms with E-state index >= 15 is 0 Å². The van der Waals surface area contributed by atoms with E-state index in [4.69, 9.17) is 11.6 Å². The van der Waals surface area contributed by atoms with Crippen molar-refractivity contribution < 1.29 is 5.11 Å². The third kappa shape index (κ3) is 4.45. The molecular formula is C16H23BrClNO. The molecule has 0 heterocycles. The van der Waals surface area contributed by atoms with E-state index in [2.05, 4.69) is 35.1 Å². The van der Waals surface area contributed by atoms with Gasteiger partial charge in [0.25, 0.3) is 0 Å². The summed E-state index contributed by atoms with van der Waals surface area (Å²) >= 11 is 9.59. The predicted molar refractivity (Wildman–Crippen MR) is 88.1 cm³/mol. The second kappa shape index (κ2) is 6.35. The number of benzene rings is 1. The van der Waals surface area contributed by atoms with Crippen LogP contribution in [0.15, 0.2) is 22.7 Å². The molecule has 2 rings (SSSR count). The Balaban J connectivity index is 1.84. The summed E-state index contributed by atoms with van der Waals surface area (Å²) in [6.07, 6.45) is 3.93. The molecule has 1 aliphatic carbocycles. The van der Waals surface area contributed by atoms with E-state index in [9.17, 15) is 5.11 Å². The van der Waals surface area contributed by atoms with Crippen LogP contribution in [-0.2, 0) is 6.54 Å². The lowest BCUT2D eigenvalue weighted by molar-refractivity contribution is -0.0245. The molecule has 0 aromatic heterocycles. The third-order valence-electron chi connectivity index (χ3n) is 4.32. The second-order valence-electron chi connectivity index (χ2n) is 6.73. The molecule has 1 aromatic rings. The molecule has 1 saturated carbocycles. The molecule has 0 radical (unpaired) electrons. The van der Waals surface area contributed by atoms with Gasteiger partial charge in [0, 0.05) is 22.6 Å². The zero-order valence-corrected chi connectivity index (χ0v) is 14.5. The molecule has 112 valence electrons. The van der Waals surface area contributed by atoms with E-state index in [-0.39, 0.29) is 0 Å². The zero-order valence-electron chi connectivity index (χ0n) is 12.2. The van der Waals surface area contributed by atoms with Gasteiger partial charge in [-0.1, -0.05) is 47.4 Å². The summed E-state index contributed by atoms with van der Waals surface area (Å²) in [7, 11) is 0. The van der Waals surface area contributed by atoms with Crippen LogP contribution in [0, 0.1) is 5.41 Å². The summed E-state index contributed by atoms with van der Waals surface area (Å²) in [4.78, 5) is 0. The summed E-state index contributed by atoms with van der Waals surface area (Å²) in [6, 6.07) is 5.89. The number of halogens is 2. The summed E-state index contributed by atoms with van der Waals surface area (Å²) in [5.74, 6) is 0. The van der Waals surface area contributed by atoms with E-state index in [1.54, 1.807) is 0 Å². The van der Waals surface area contributed by atoms with Gasteiger partial charge in [-0.2, -0.15) is 0 Å². The molecule has 0 atom stereocenters. The molecule has 1 aliphatic rings. The Kier molecular flexibility index (Phi) is 5.17. The lowest BCUT2D eigenvalue weighted by Crippen LogP contribution is -2.44. The highest BCUT2D eigenvalue weighted by Gasteiger charge is 2.36. The Labute approximate surface area is 135 Å². The fraction of sp³-hybridized carbons (Fsp3) is 0.625. The van der Waals surface area contributed by atoms with Crippen molar-refractivity contribution in [2.24, 2.45) is 5.41 Å². The number of aliphatic hydroxyl groups is 1. The molecule has 1 fully saturated rings. The molecular weight excluding hydrogens is 338 g/mol. The fourth-order valence-corrected chi connectivity index (χ4v) is 3.40. The second-order valence-corrected chi connectivity index (χ2v) is 8.05. The maximum Gasteiger partial charge on any atom is 0.0772 e. The largest absolute Gasteiger partial charge is 0.389 e. The quantitative estimate of drug-likeness (QED) is 0.827. The van der Waals surface area contributed by atoms with Gasteiger partial charge in [0.15, 0.2) is 0 Å². The van der Waals surface area contributed by atoms with Gasteiger partial charge in [-0.3, -0.25) is 0 Å². The highest BCUT2D eigenvalue weighted by Crippen LogP contribution is 2.39. The Morgan fingerprint density at radius 2 is 1.90 bits per heavy atom. The van der Waals surface area contributed by atoms with Gasteiger partial charge in [0.2, 0.25) is 0 Å². The van der Waals surface area contributed by atoms with Crippen LogP contribution in [0.5, 0.6) is 0 Å². The van der Waals surface area contributed by atoms with Crippen LogP contribution in [0.4, 0.5) is 0 Å². The van der Waals surface area contributed by atoms with E-state index in [0.29, 0.717) is 18.5 Å². The van der Waals surface area contributed by atoms with Gasteiger partial charge in [0.05, 0.1) is 5.60 Å². The van der Waals surface area contributed by atoms with Gasteiger partial charge in [-0.05, 0) is 48.8 Å². The van der Waals surface area contributed by atoms with Crippen molar-refractivity contribution in [3.8, 4) is 0 Å². The molecule has 2 nitrogen and oxygen atoms in total. The smallest absolute Gasteiger partial charge is 0.0772 e. The molecule has 2 N–H and O–H groups in total. The highest BCUT2D eigenvalue weighted by atomic mass is 79.9. The molecule has 20 heavy (non-hydrogen) atoms.